The first-order chi connectivity index (χ1) is 11.7. The minimum absolute atomic E-state index is 0.0880. The number of thiophene rings is 1. The number of ether oxygens (including phenoxy) is 1. The monoisotopic (exact) mass is 398 g/mol. The minimum atomic E-state index is -5.31. The van der Waals surface area contributed by atoms with Crippen LogP contribution in [0.1, 0.15) is 23.2 Å². The van der Waals surface area contributed by atoms with Crippen molar-refractivity contribution in [3.63, 3.8) is 0 Å². The Hall–Kier alpha value is -1.17. The molecule has 2 saturated heterocycles. The van der Waals surface area contributed by atoms with Crippen LogP contribution in [-0.2, 0) is 14.8 Å². The molecular formula is C14H17F3N2O4S2. The molecule has 1 atom stereocenters. The lowest BCUT2D eigenvalue weighted by Gasteiger charge is -2.49. The highest BCUT2D eigenvalue weighted by atomic mass is 32.2. The molecule has 0 radical (unpaired) electrons. The fourth-order valence-electron chi connectivity index (χ4n) is 3.26. The van der Waals surface area contributed by atoms with Crippen LogP contribution in [0.5, 0.6) is 0 Å². The quantitative estimate of drug-likeness (QED) is 0.821. The third-order valence-electron chi connectivity index (χ3n) is 4.68. The van der Waals surface area contributed by atoms with Crippen LogP contribution in [0.4, 0.5) is 13.2 Å². The van der Waals surface area contributed by atoms with Crippen molar-refractivity contribution in [2.75, 3.05) is 26.2 Å². The number of carbonyl (C=O) groups is 1. The molecule has 11 heteroatoms. The molecule has 1 amide bonds. The zero-order valence-electron chi connectivity index (χ0n) is 13.1. The summed E-state index contributed by atoms with van der Waals surface area (Å²) in [4.78, 5) is 11.9. The van der Waals surface area contributed by atoms with E-state index in [9.17, 15) is 26.4 Å². The van der Waals surface area contributed by atoms with Gasteiger partial charge in [0.15, 0.2) is 0 Å². The number of amides is 1. The molecule has 2 aliphatic heterocycles. The third-order valence-corrected chi connectivity index (χ3v) is 6.89. The molecular weight excluding hydrogens is 381 g/mol. The van der Waals surface area contributed by atoms with Crippen LogP contribution < -0.4 is 5.32 Å². The molecule has 0 saturated carbocycles. The number of nitrogens with zero attached hydrogens (tertiary/aromatic N) is 1. The maximum Gasteiger partial charge on any atom is 0.511 e. The Morgan fingerprint density at radius 1 is 1.44 bits per heavy atom. The number of alkyl halides is 3. The molecule has 0 aromatic carbocycles. The number of hydrogen-bond donors (Lipinski definition) is 1. The van der Waals surface area contributed by atoms with Gasteiger partial charge in [-0.1, -0.05) is 0 Å². The van der Waals surface area contributed by atoms with Crippen molar-refractivity contribution in [2.24, 2.45) is 5.92 Å². The molecule has 1 spiro atoms. The summed E-state index contributed by atoms with van der Waals surface area (Å²) in [6, 6.07) is 1.70. The number of carbonyl (C=O) groups excluding carboxylic acids is 1. The molecule has 2 aliphatic rings. The van der Waals surface area contributed by atoms with E-state index >= 15 is 0 Å². The molecule has 3 rings (SSSR count). The summed E-state index contributed by atoms with van der Waals surface area (Å²) in [6.45, 7) is 0.148. The predicted molar refractivity (Wildman–Crippen MR) is 84.6 cm³/mol. The molecule has 1 aromatic rings. The lowest BCUT2D eigenvalue weighted by molar-refractivity contribution is -0.113. The van der Waals surface area contributed by atoms with Gasteiger partial charge in [-0.3, -0.25) is 4.79 Å². The van der Waals surface area contributed by atoms with Gasteiger partial charge in [-0.25, -0.2) is 8.42 Å². The molecule has 6 nitrogen and oxygen atoms in total. The molecule has 140 valence electrons. The Labute approximate surface area is 147 Å². The highest BCUT2D eigenvalue weighted by Crippen LogP contribution is 2.44. The maximum absolute atomic E-state index is 12.6. The summed E-state index contributed by atoms with van der Waals surface area (Å²) >= 11 is 1.41. The molecule has 3 heterocycles. The fraction of sp³-hybridized carbons (Fsp3) is 0.643. The van der Waals surface area contributed by atoms with Crippen molar-refractivity contribution >= 4 is 27.3 Å². The van der Waals surface area contributed by atoms with Gasteiger partial charge in [-0.2, -0.15) is 28.8 Å². The van der Waals surface area contributed by atoms with Gasteiger partial charge in [0.1, 0.15) is 0 Å². The third kappa shape index (κ3) is 3.42. The van der Waals surface area contributed by atoms with E-state index in [2.05, 4.69) is 5.32 Å². The summed E-state index contributed by atoms with van der Waals surface area (Å²) in [6.07, 6.45) is 1.16. The lowest BCUT2D eigenvalue weighted by atomic mass is 9.80. The first-order valence-corrected chi connectivity index (χ1v) is 10.0. The maximum atomic E-state index is 12.6. The fourth-order valence-corrected chi connectivity index (χ4v) is 4.97. The number of rotatable bonds is 5. The first kappa shape index (κ1) is 18.6. The molecule has 0 unspecified atom stereocenters. The zero-order chi connectivity index (χ0) is 18.3. The van der Waals surface area contributed by atoms with Crippen molar-refractivity contribution in [1.82, 2.24) is 9.62 Å². The topological polar surface area (TPSA) is 75.7 Å². The summed E-state index contributed by atoms with van der Waals surface area (Å²) in [5, 5.41) is 6.28. The Balaban J connectivity index is 1.53. The van der Waals surface area contributed by atoms with E-state index in [0.29, 0.717) is 35.9 Å². The predicted octanol–water partition coefficient (Wildman–Crippen LogP) is 1.81. The summed E-state index contributed by atoms with van der Waals surface area (Å²) in [7, 11) is -5.31. The van der Waals surface area contributed by atoms with Crippen molar-refractivity contribution in [3.8, 4) is 0 Å². The molecule has 1 N–H and O–H groups in total. The molecule has 25 heavy (non-hydrogen) atoms. The van der Waals surface area contributed by atoms with Crippen molar-refractivity contribution < 1.29 is 31.1 Å². The van der Waals surface area contributed by atoms with Gasteiger partial charge in [-0.15, -0.1) is 0 Å². The second-order valence-corrected chi connectivity index (χ2v) is 8.88. The molecule has 0 aliphatic carbocycles. The Kier molecular flexibility index (Phi) is 4.86. The number of sulfonamides is 1. The van der Waals surface area contributed by atoms with Crippen LogP contribution in [0.25, 0.3) is 0 Å². The van der Waals surface area contributed by atoms with Gasteiger partial charge in [-0.05, 0) is 30.2 Å². The van der Waals surface area contributed by atoms with E-state index in [1.807, 2.05) is 0 Å². The van der Waals surface area contributed by atoms with Crippen LogP contribution >= 0.6 is 11.3 Å². The van der Waals surface area contributed by atoms with E-state index < -0.39 is 21.1 Å². The van der Waals surface area contributed by atoms with Gasteiger partial charge in [0.2, 0.25) is 0 Å². The van der Waals surface area contributed by atoms with E-state index in [1.54, 1.807) is 16.8 Å². The highest BCUT2D eigenvalue weighted by molar-refractivity contribution is 7.90. The summed E-state index contributed by atoms with van der Waals surface area (Å²) < 4.78 is 66.6. The lowest BCUT2D eigenvalue weighted by Crippen LogP contribution is -2.67. The minimum Gasteiger partial charge on any atom is -0.372 e. The Bertz CT molecular complexity index is 728. The van der Waals surface area contributed by atoms with Crippen molar-refractivity contribution in [2.45, 2.75) is 24.0 Å². The second kappa shape index (κ2) is 6.53. The van der Waals surface area contributed by atoms with E-state index in [4.69, 9.17) is 4.74 Å². The number of halogens is 3. The smallest absolute Gasteiger partial charge is 0.372 e. The average Bonchev–Trinajstić information content (AvgIpc) is 3.13. The SMILES string of the molecule is O=C(NCC[C@H]1CCOC12CN(S(=O)(=O)C(F)(F)F)C2)c1ccsc1. The standard InChI is InChI=1S/C14H17F3N2O4S2/c15-14(16,17)25(21,22)19-8-13(9-19)11(2-5-23-13)1-4-18-12(20)10-3-6-24-7-10/h3,6-7,11H,1-2,4-5,8-9H2,(H,18,20)/t11-/m0/s1. The first-order valence-electron chi connectivity index (χ1n) is 7.66. The largest absolute Gasteiger partial charge is 0.511 e. The number of hydrogen-bond acceptors (Lipinski definition) is 5. The van der Waals surface area contributed by atoms with E-state index in [0.717, 1.165) is 0 Å². The van der Waals surface area contributed by atoms with Gasteiger partial charge < -0.3 is 10.1 Å². The van der Waals surface area contributed by atoms with E-state index in [-0.39, 0.29) is 24.9 Å². The van der Waals surface area contributed by atoms with Crippen LogP contribution in [0.3, 0.4) is 0 Å². The average molecular weight is 398 g/mol. The summed E-state index contributed by atoms with van der Waals surface area (Å²) in [5.41, 5.74) is -5.60. The molecule has 0 bridgehead atoms. The van der Waals surface area contributed by atoms with Crippen molar-refractivity contribution in [1.29, 1.82) is 0 Å². The molecule has 1 aromatic heterocycles. The van der Waals surface area contributed by atoms with Gasteiger partial charge in [0.25, 0.3) is 5.91 Å². The van der Waals surface area contributed by atoms with Crippen LogP contribution in [0, 0.1) is 5.92 Å². The molecule has 2 fully saturated rings. The van der Waals surface area contributed by atoms with Gasteiger partial charge in [0.05, 0.1) is 5.60 Å². The highest BCUT2D eigenvalue weighted by Gasteiger charge is 2.61. The van der Waals surface area contributed by atoms with Crippen molar-refractivity contribution in [3.05, 3.63) is 22.4 Å². The van der Waals surface area contributed by atoms with Crippen LogP contribution in [0.2, 0.25) is 0 Å². The van der Waals surface area contributed by atoms with E-state index in [1.165, 1.54) is 11.3 Å². The second-order valence-electron chi connectivity index (χ2n) is 6.17. The normalized spacial score (nSPS) is 23.6. The Morgan fingerprint density at radius 2 is 2.16 bits per heavy atom. The Morgan fingerprint density at radius 3 is 2.76 bits per heavy atom. The van der Waals surface area contributed by atoms with Crippen LogP contribution in [0.15, 0.2) is 16.8 Å². The number of nitrogens with one attached hydrogen (secondary N) is 1. The summed E-state index contributed by atoms with van der Waals surface area (Å²) in [5.74, 6) is -0.293. The zero-order valence-corrected chi connectivity index (χ0v) is 14.7. The van der Waals surface area contributed by atoms with Gasteiger partial charge in [0, 0.05) is 37.2 Å². The van der Waals surface area contributed by atoms with Gasteiger partial charge >= 0.3 is 15.5 Å². The van der Waals surface area contributed by atoms with Crippen LogP contribution in [-0.4, -0.2) is 56.0 Å².